The van der Waals surface area contributed by atoms with Crippen molar-refractivity contribution in [3.05, 3.63) is 10.6 Å². The number of thiazole rings is 1. The van der Waals surface area contributed by atoms with Crippen molar-refractivity contribution in [1.29, 1.82) is 0 Å². The third kappa shape index (κ3) is 3.50. The fourth-order valence-corrected chi connectivity index (χ4v) is 3.72. The van der Waals surface area contributed by atoms with Crippen molar-refractivity contribution in [2.24, 2.45) is 0 Å². The Hall–Kier alpha value is -0.550. The third-order valence-corrected chi connectivity index (χ3v) is 4.38. The number of nitrogens with zero attached hydrogens (tertiary/aromatic N) is 1. The molecule has 1 N–H and O–H groups in total. The molecule has 0 saturated heterocycles. The van der Waals surface area contributed by atoms with E-state index in [-0.39, 0.29) is 0 Å². The molecule has 0 aliphatic carbocycles. The summed E-state index contributed by atoms with van der Waals surface area (Å²) < 4.78 is 0.867. The number of aromatic carboxylic acids is 1. The average Bonchev–Trinajstić information content (AvgIpc) is 2.47. The summed E-state index contributed by atoms with van der Waals surface area (Å²) in [5, 5.41) is 9.38. The van der Waals surface area contributed by atoms with Crippen LogP contribution in [-0.2, 0) is 0 Å². The molecule has 1 rings (SSSR count). The molecular weight excluding hydrogens is 230 g/mol. The molecule has 0 aliphatic rings. The second-order valence-corrected chi connectivity index (χ2v) is 6.10. The van der Waals surface area contributed by atoms with Gasteiger partial charge in [0.1, 0.15) is 4.88 Å². The maximum Gasteiger partial charge on any atom is 0.347 e. The Morgan fingerprint density at radius 2 is 2.33 bits per heavy atom. The Balaban J connectivity index is 2.71. The molecule has 1 unspecified atom stereocenters. The zero-order valence-corrected chi connectivity index (χ0v) is 10.7. The van der Waals surface area contributed by atoms with E-state index in [4.69, 9.17) is 5.11 Å². The zero-order chi connectivity index (χ0) is 11.4. The smallest absolute Gasteiger partial charge is 0.347 e. The first-order valence-corrected chi connectivity index (χ1v) is 6.61. The van der Waals surface area contributed by atoms with Crippen molar-refractivity contribution < 1.29 is 9.90 Å². The molecule has 3 nitrogen and oxygen atoms in total. The second-order valence-electron chi connectivity index (χ2n) is 3.42. The molecule has 0 aromatic carbocycles. The van der Waals surface area contributed by atoms with E-state index >= 15 is 0 Å². The van der Waals surface area contributed by atoms with Gasteiger partial charge in [0.05, 0.1) is 5.69 Å². The first-order chi connectivity index (χ1) is 7.04. The molecule has 0 bridgehead atoms. The van der Waals surface area contributed by atoms with E-state index in [0.29, 0.717) is 15.8 Å². The summed E-state index contributed by atoms with van der Waals surface area (Å²) in [5.41, 5.74) is 0.624. The Bertz CT molecular complexity index is 349. The minimum atomic E-state index is -0.875. The molecule has 1 atom stereocenters. The van der Waals surface area contributed by atoms with Crippen LogP contribution >= 0.6 is 23.1 Å². The molecule has 0 radical (unpaired) electrons. The van der Waals surface area contributed by atoms with Crippen LogP contribution in [0.2, 0.25) is 0 Å². The van der Waals surface area contributed by atoms with E-state index < -0.39 is 5.97 Å². The van der Waals surface area contributed by atoms with E-state index in [0.717, 1.165) is 17.2 Å². The van der Waals surface area contributed by atoms with Gasteiger partial charge in [0, 0.05) is 5.25 Å². The first-order valence-electron chi connectivity index (χ1n) is 4.92. The highest BCUT2D eigenvalue weighted by atomic mass is 32.2. The van der Waals surface area contributed by atoms with Gasteiger partial charge < -0.3 is 5.11 Å². The van der Waals surface area contributed by atoms with Gasteiger partial charge in [-0.25, -0.2) is 9.78 Å². The van der Waals surface area contributed by atoms with Crippen LogP contribution in [0.5, 0.6) is 0 Å². The number of carbonyl (C=O) groups is 1. The lowest BCUT2D eigenvalue weighted by atomic mass is 10.3. The van der Waals surface area contributed by atoms with Crippen LogP contribution in [0.4, 0.5) is 0 Å². The highest BCUT2D eigenvalue weighted by molar-refractivity contribution is 8.01. The first kappa shape index (κ1) is 12.5. The van der Waals surface area contributed by atoms with Gasteiger partial charge in [-0.1, -0.05) is 32.0 Å². The van der Waals surface area contributed by atoms with Gasteiger partial charge in [-0.15, -0.1) is 11.3 Å². The van der Waals surface area contributed by atoms with E-state index in [1.807, 2.05) is 0 Å². The Kier molecular flexibility index (Phi) is 4.60. The summed E-state index contributed by atoms with van der Waals surface area (Å²) in [7, 11) is 0. The number of carboxylic acids is 1. The van der Waals surface area contributed by atoms with Crippen LogP contribution < -0.4 is 0 Å². The Morgan fingerprint density at radius 1 is 1.67 bits per heavy atom. The molecule has 0 aliphatic heterocycles. The summed E-state index contributed by atoms with van der Waals surface area (Å²) >= 11 is 2.94. The van der Waals surface area contributed by atoms with Crippen molar-refractivity contribution in [2.45, 2.75) is 43.2 Å². The maximum absolute atomic E-state index is 10.8. The fraction of sp³-hybridized carbons (Fsp3) is 0.600. The number of hydrogen-bond acceptors (Lipinski definition) is 4. The number of aromatic nitrogens is 1. The second kappa shape index (κ2) is 5.51. The van der Waals surface area contributed by atoms with Crippen LogP contribution in [0.15, 0.2) is 4.34 Å². The third-order valence-electron chi connectivity index (χ3n) is 1.97. The molecule has 1 aromatic rings. The van der Waals surface area contributed by atoms with Gasteiger partial charge >= 0.3 is 5.97 Å². The van der Waals surface area contributed by atoms with Gasteiger partial charge in [0.25, 0.3) is 0 Å². The maximum atomic E-state index is 10.8. The van der Waals surface area contributed by atoms with Crippen LogP contribution in [0.3, 0.4) is 0 Å². The van der Waals surface area contributed by atoms with Crippen molar-refractivity contribution in [3.8, 4) is 0 Å². The molecule has 1 heterocycles. The number of rotatable bonds is 5. The largest absolute Gasteiger partial charge is 0.477 e. The molecule has 0 fully saturated rings. The number of hydrogen-bond donors (Lipinski definition) is 1. The highest BCUT2D eigenvalue weighted by Gasteiger charge is 2.15. The number of thioether (sulfide) groups is 1. The topological polar surface area (TPSA) is 50.2 Å². The molecular formula is C10H15NO2S2. The quantitative estimate of drug-likeness (QED) is 0.807. The van der Waals surface area contributed by atoms with Crippen molar-refractivity contribution in [3.63, 3.8) is 0 Å². The van der Waals surface area contributed by atoms with E-state index in [9.17, 15) is 4.79 Å². The predicted octanol–water partition coefficient (Wildman–Crippen LogP) is 3.43. The lowest BCUT2D eigenvalue weighted by molar-refractivity contribution is 0.0701. The minimum absolute atomic E-state index is 0.362. The lowest BCUT2D eigenvalue weighted by Crippen LogP contribution is -1.94. The van der Waals surface area contributed by atoms with Crippen LogP contribution in [0, 0.1) is 6.92 Å². The molecule has 1 aromatic heterocycles. The molecule has 0 saturated carbocycles. The van der Waals surface area contributed by atoms with E-state index in [1.54, 1.807) is 18.7 Å². The molecule has 84 valence electrons. The van der Waals surface area contributed by atoms with Gasteiger partial charge in [0.2, 0.25) is 0 Å². The number of aryl methyl sites for hydroxylation is 1. The van der Waals surface area contributed by atoms with Crippen molar-refractivity contribution in [2.75, 3.05) is 0 Å². The lowest BCUT2D eigenvalue weighted by Gasteiger charge is -2.05. The highest BCUT2D eigenvalue weighted by Crippen LogP contribution is 2.31. The molecule has 0 amide bonds. The number of carboxylic acid groups (broad SMARTS) is 1. The van der Waals surface area contributed by atoms with Crippen LogP contribution in [0.1, 0.15) is 42.1 Å². The van der Waals surface area contributed by atoms with Crippen molar-refractivity contribution >= 4 is 29.1 Å². The fourth-order valence-electron chi connectivity index (χ4n) is 1.26. The summed E-state index contributed by atoms with van der Waals surface area (Å²) in [6.07, 6.45) is 2.27. The minimum Gasteiger partial charge on any atom is -0.477 e. The predicted molar refractivity (Wildman–Crippen MR) is 64.0 cm³/mol. The Labute approximate surface area is 97.9 Å². The molecule has 5 heteroatoms. The van der Waals surface area contributed by atoms with E-state index in [1.165, 1.54) is 11.3 Å². The zero-order valence-electron chi connectivity index (χ0n) is 9.11. The standard InChI is InChI=1S/C10H15NO2S2/c1-4-5-6(2)14-10-11-7(3)8(15-10)9(12)13/h6H,4-5H2,1-3H3,(H,12,13). The van der Waals surface area contributed by atoms with Gasteiger partial charge in [-0.2, -0.15) is 0 Å². The van der Waals surface area contributed by atoms with Crippen LogP contribution in [-0.4, -0.2) is 21.3 Å². The summed E-state index contributed by atoms with van der Waals surface area (Å²) in [5.74, 6) is -0.875. The van der Waals surface area contributed by atoms with Gasteiger partial charge in [0.15, 0.2) is 4.34 Å². The van der Waals surface area contributed by atoms with Crippen molar-refractivity contribution in [1.82, 2.24) is 4.98 Å². The monoisotopic (exact) mass is 245 g/mol. The van der Waals surface area contributed by atoms with Crippen LogP contribution in [0.25, 0.3) is 0 Å². The summed E-state index contributed by atoms with van der Waals surface area (Å²) in [6, 6.07) is 0. The molecule has 15 heavy (non-hydrogen) atoms. The van der Waals surface area contributed by atoms with Gasteiger partial charge in [-0.3, -0.25) is 0 Å². The average molecular weight is 245 g/mol. The summed E-state index contributed by atoms with van der Waals surface area (Å²) in [6.45, 7) is 6.03. The Morgan fingerprint density at radius 3 is 2.80 bits per heavy atom. The SMILES string of the molecule is CCCC(C)Sc1nc(C)c(C(=O)O)s1. The normalized spacial score (nSPS) is 12.7. The summed E-state index contributed by atoms with van der Waals surface area (Å²) in [4.78, 5) is 15.4. The van der Waals surface area contributed by atoms with E-state index in [2.05, 4.69) is 18.8 Å². The molecule has 0 spiro atoms. The van der Waals surface area contributed by atoms with Gasteiger partial charge in [-0.05, 0) is 13.3 Å².